The second kappa shape index (κ2) is 7.36. The molecule has 25 heavy (non-hydrogen) atoms. The van der Waals surface area contributed by atoms with Crippen molar-refractivity contribution >= 4 is 6.09 Å². The van der Waals surface area contributed by atoms with Gasteiger partial charge in [0.15, 0.2) is 0 Å². The zero-order chi connectivity index (χ0) is 18.8. The van der Waals surface area contributed by atoms with Crippen molar-refractivity contribution in [2.45, 2.75) is 84.3 Å². The van der Waals surface area contributed by atoms with Gasteiger partial charge in [-0.15, -0.1) is 0 Å². The van der Waals surface area contributed by atoms with Gasteiger partial charge < -0.3 is 10.4 Å². The van der Waals surface area contributed by atoms with Crippen LogP contribution < -0.4 is 5.32 Å². The molecule has 1 aliphatic rings. The smallest absolute Gasteiger partial charge is 0.408 e. The first kappa shape index (κ1) is 19.8. The Kier molecular flexibility index (Phi) is 5.82. The van der Waals surface area contributed by atoms with E-state index >= 15 is 0 Å². The fourth-order valence-electron chi connectivity index (χ4n) is 3.74. The van der Waals surface area contributed by atoms with Gasteiger partial charge in [-0.2, -0.15) is 0 Å². The zero-order valence-corrected chi connectivity index (χ0v) is 16.6. The third-order valence-electron chi connectivity index (χ3n) is 4.80. The first-order valence-electron chi connectivity index (χ1n) is 9.38. The van der Waals surface area contributed by atoms with Crippen LogP contribution in [0.15, 0.2) is 18.2 Å². The van der Waals surface area contributed by atoms with Crippen LogP contribution in [0.2, 0.25) is 0 Å². The van der Waals surface area contributed by atoms with E-state index in [-0.39, 0.29) is 11.6 Å². The van der Waals surface area contributed by atoms with E-state index in [0.29, 0.717) is 0 Å². The summed E-state index contributed by atoms with van der Waals surface area (Å²) < 4.78 is 0. The molecule has 0 fully saturated rings. The van der Waals surface area contributed by atoms with Gasteiger partial charge in [0.05, 0.1) is 6.04 Å². The van der Waals surface area contributed by atoms with E-state index in [2.05, 4.69) is 44.3 Å². The van der Waals surface area contributed by atoms with Crippen LogP contribution in [0.4, 0.5) is 4.79 Å². The third-order valence-corrected chi connectivity index (χ3v) is 4.80. The minimum absolute atomic E-state index is 0.0389. The van der Waals surface area contributed by atoms with Crippen LogP contribution in [-0.2, 0) is 12.8 Å². The molecule has 0 aliphatic heterocycles. The molecular formula is C21H34N2O2. The van der Waals surface area contributed by atoms with E-state index in [9.17, 15) is 9.90 Å². The summed E-state index contributed by atoms with van der Waals surface area (Å²) in [6.45, 7) is 13.4. The summed E-state index contributed by atoms with van der Waals surface area (Å²) in [5.74, 6) is 0. The number of rotatable bonds is 4. The Morgan fingerprint density at radius 1 is 1.24 bits per heavy atom. The number of benzene rings is 1. The Hall–Kier alpha value is -1.55. The van der Waals surface area contributed by atoms with E-state index in [1.807, 2.05) is 20.8 Å². The molecule has 1 unspecified atom stereocenters. The average molecular weight is 347 g/mol. The zero-order valence-electron chi connectivity index (χ0n) is 16.6. The van der Waals surface area contributed by atoms with Gasteiger partial charge in [0.25, 0.3) is 0 Å². The molecule has 0 spiro atoms. The quantitative estimate of drug-likeness (QED) is 0.825. The number of carboxylic acid groups (broad SMARTS) is 1. The molecule has 0 saturated carbocycles. The molecule has 0 aromatic heterocycles. The van der Waals surface area contributed by atoms with Crippen molar-refractivity contribution in [3.05, 3.63) is 34.9 Å². The van der Waals surface area contributed by atoms with Crippen molar-refractivity contribution in [3.8, 4) is 0 Å². The molecule has 4 heteroatoms. The second-order valence-corrected chi connectivity index (χ2v) is 9.19. The molecule has 0 radical (unpaired) electrons. The van der Waals surface area contributed by atoms with Crippen LogP contribution in [-0.4, -0.2) is 33.7 Å². The molecule has 0 bridgehead atoms. The molecule has 1 aromatic carbocycles. The number of hydrogen-bond acceptors (Lipinski definition) is 2. The van der Waals surface area contributed by atoms with Crippen molar-refractivity contribution in [2.75, 3.05) is 6.54 Å². The van der Waals surface area contributed by atoms with Gasteiger partial charge in [-0.05, 0) is 90.5 Å². The fourth-order valence-corrected chi connectivity index (χ4v) is 3.74. The molecule has 0 heterocycles. The highest BCUT2D eigenvalue weighted by atomic mass is 16.4. The number of fused-ring (bicyclic) bond motifs is 1. The third kappa shape index (κ3) is 5.21. The summed E-state index contributed by atoms with van der Waals surface area (Å²) in [4.78, 5) is 13.5. The molecular weight excluding hydrogens is 312 g/mol. The summed E-state index contributed by atoms with van der Waals surface area (Å²) in [7, 11) is 0. The number of nitrogens with zero attached hydrogens (tertiary/aromatic N) is 1. The molecule has 0 saturated heterocycles. The van der Waals surface area contributed by atoms with Crippen molar-refractivity contribution in [1.29, 1.82) is 0 Å². The van der Waals surface area contributed by atoms with Crippen molar-refractivity contribution in [1.82, 2.24) is 10.2 Å². The average Bonchev–Trinajstić information content (AvgIpc) is 2.44. The van der Waals surface area contributed by atoms with E-state index in [1.165, 1.54) is 16.7 Å². The molecule has 4 nitrogen and oxygen atoms in total. The van der Waals surface area contributed by atoms with Gasteiger partial charge in [-0.25, -0.2) is 4.79 Å². The second-order valence-electron chi connectivity index (χ2n) is 9.19. The SMILES string of the molecule is CC(C)(C)NCCc1ccc2c(c1)CCCC2N(C(=O)O)C(C)(C)C. The van der Waals surface area contributed by atoms with E-state index < -0.39 is 11.6 Å². The van der Waals surface area contributed by atoms with Crippen molar-refractivity contribution in [2.24, 2.45) is 0 Å². The summed E-state index contributed by atoms with van der Waals surface area (Å²) in [5, 5.41) is 13.3. The number of carbonyl (C=O) groups is 1. The van der Waals surface area contributed by atoms with Crippen LogP contribution in [0.3, 0.4) is 0 Å². The summed E-state index contributed by atoms with van der Waals surface area (Å²) in [5.41, 5.74) is 3.57. The first-order chi connectivity index (χ1) is 11.5. The molecule has 2 N–H and O–H groups in total. The molecule has 1 aliphatic carbocycles. The standard InChI is InChI=1S/C21H34N2O2/c1-20(2,3)22-13-12-15-10-11-17-16(14-15)8-7-9-18(17)23(19(24)25)21(4,5)6/h10-11,14,18,22H,7-9,12-13H2,1-6H3,(H,24,25). The normalized spacial score (nSPS) is 17.9. The Balaban J connectivity index is 2.20. The highest BCUT2D eigenvalue weighted by Crippen LogP contribution is 2.38. The van der Waals surface area contributed by atoms with Gasteiger partial charge in [-0.3, -0.25) is 4.90 Å². The summed E-state index contributed by atoms with van der Waals surface area (Å²) >= 11 is 0. The Labute approximate surface area is 152 Å². The molecule has 1 atom stereocenters. The lowest BCUT2D eigenvalue weighted by Gasteiger charge is -2.42. The van der Waals surface area contributed by atoms with E-state index in [1.54, 1.807) is 4.90 Å². The molecule has 1 aromatic rings. The lowest BCUT2D eigenvalue weighted by Crippen LogP contribution is -2.48. The maximum atomic E-state index is 11.9. The van der Waals surface area contributed by atoms with E-state index in [4.69, 9.17) is 0 Å². The first-order valence-corrected chi connectivity index (χ1v) is 9.38. The Morgan fingerprint density at radius 2 is 1.92 bits per heavy atom. The Bertz CT molecular complexity index is 611. The molecule has 1 amide bonds. The van der Waals surface area contributed by atoms with Crippen molar-refractivity contribution < 1.29 is 9.90 Å². The van der Waals surface area contributed by atoms with E-state index in [0.717, 1.165) is 32.2 Å². The maximum Gasteiger partial charge on any atom is 0.408 e. The lowest BCUT2D eigenvalue weighted by atomic mass is 9.84. The van der Waals surface area contributed by atoms with Crippen LogP contribution in [0.1, 0.15) is 77.1 Å². The molecule has 2 rings (SSSR count). The highest BCUT2D eigenvalue weighted by molar-refractivity contribution is 5.67. The number of hydrogen-bond donors (Lipinski definition) is 2. The summed E-state index contributed by atoms with van der Waals surface area (Å²) in [6.07, 6.45) is 3.16. The Morgan fingerprint density at radius 3 is 2.48 bits per heavy atom. The van der Waals surface area contributed by atoms with Crippen LogP contribution in [0.25, 0.3) is 0 Å². The van der Waals surface area contributed by atoms with Gasteiger partial charge >= 0.3 is 6.09 Å². The number of amides is 1. The predicted molar refractivity (Wildman–Crippen MR) is 103 cm³/mol. The minimum Gasteiger partial charge on any atom is -0.465 e. The van der Waals surface area contributed by atoms with Crippen LogP contribution in [0, 0.1) is 0 Å². The van der Waals surface area contributed by atoms with Crippen LogP contribution >= 0.6 is 0 Å². The maximum absolute atomic E-state index is 11.9. The summed E-state index contributed by atoms with van der Waals surface area (Å²) in [6, 6.07) is 6.58. The van der Waals surface area contributed by atoms with Gasteiger partial charge in [0.1, 0.15) is 0 Å². The van der Waals surface area contributed by atoms with Crippen molar-refractivity contribution in [3.63, 3.8) is 0 Å². The topological polar surface area (TPSA) is 52.6 Å². The predicted octanol–water partition coefficient (Wildman–Crippen LogP) is 4.77. The van der Waals surface area contributed by atoms with Gasteiger partial charge in [-0.1, -0.05) is 18.2 Å². The molecule has 140 valence electrons. The lowest BCUT2D eigenvalue weighted by molar-refractivity contribution is 0.0638. The minimum atomic E-state index is -0.830. The van der Waals surface area contributed by atoms with Gasteiger partial charge in [0.2, 0.25) is 0 Å². The van der Waals surface area contributed by atoms with Gasteiger partial charge in [0, 0.05) is 11.1 Å². The fraction of sp³-hybridized carbons (Fsp3) is 0.667. The van der Waals surface area contributed by atoms with Crippen LogP contribution in [0.5, 0.6) is 0 Å². The largest absolute Gasteiger partial charge is 0.465 e. The highest BCUT2D eigenvalue weighted by Gasteiger charge is 2.36. The number of aryl methyl sites for hydroxylation is 1. The monoisotopic (exact) mass is 346 g/mol. The number of nitrogens with one attached hydrogen (secondary N) is 1.